The Morgan fingerprint density at radius 3 is 2.59 bits per heavy atom. The third kappa shape index (κ3) is 2.94. The Balaban J connectivity index is 1.80. The molecule has 0 fully saturated rings. The van der Waals surface area contributed by atoms with Crippen molar-refractivity contribution in [3.05, 3.63) is 53.1 Å². The van der Waals surface area contributed by atoms with Crippen molar-refractivity contribution in [3.63, 3.8) is 0 Å². The summed E-state index contributed by atoms with van der Waals surface area (Å²) in [6.07, 6.45) is 0. The van der Waals surface area contributed by atoms with Gasteiger partial charge in [0.25, 0.3) is 0 Å². The van der Waals surface area contributed by atoms with Gasteiger partial charge in [-0.25, -0.2) is 9.78 Å². The van der Waals surface area contributed by atoms with Gasteiger partial charge in [0.2, 0.25) is 0 Å². The number of carbonyl (C=O) groups excluding carboxylic acids is 1. The Labute approximate surface area is 133 Å². The van der Waals surface area contributed by atoms with Gasteiger partial charge in [-0.15, -0.1) is 0 Å². The van der Waals surface area contributed by atoms with E-state index < -0.39 is 0 Å². The van der Waals surface area contributed by atoms with Crippen molar-refractivity contribution in [3.8, 4) is 0 Å². The lowest BCUT2D eigenvalue weighted by atomic mass is 10.1. The van der Waals surface area contributed by atoms with Gasteiger partial charge in [-0.2, -0.15) is 0 Å². The maximum Gasteiger partial charge on any atom is 0.325 e. The quantitative estimate of drug-likeness (QED) is 0.709. The van der Waals surface area contributed by atoms with E-state index in [1.807, 2.05) is 38.1 Å². The van der Waals surface area contributed by atoms with Crippen LogP contribution in [0.3, 0.4) is 0 Å². The van der Waals surface area contributed by atoms with Crippen LogP contribution < -0.4 is 10.6 Å². The van der Waals surface area contributed by atoms with Crippen LogP contribution in [-0.2, 0) is 0 Å². The second-order valence-corrected chi connectivity index (χ2v) is 6.37. The van der Waals surface area contributed by atoms with Gasteiger partial charge in [0, 0.05) is 5.69 Å². The molecule has 0 radical (unpaired) electrons. The zero-order valence-electron chi connectivity index (χ0n) is 12.7. The molecule has 0 spiro atoms. The minimum Gasteiger partial charge on any atom is -0.307 e. The molecule has 3 aromatic rings. The van der Waals surface area contributed by atoms with E-state index in [0.29, 0.717) is 5.13 Å². The number of hydrogen-bond donors (Lipinski definition) is 2. The van der Waals surface area contributed by atoms with Gasteiger partial charge in [0.05, 0.1) is 10.2 Å². The van der Waals surface area contributed by atoms with Gasteiger partial charge in [-0.1, -0.05) is 35.6 Å². The highest BCUT2D eigenvalue weighted by Gasteiger charge is 2.10. The Kier molecular flexibility index (Phi) is 3.81. The van der Waals surface area contributed by atoms with Crippen LogP contribution in [0.25, 0.3) is 10.2 Å². The van der Waals surface area contributed by atoms with Crippen LogP contribution in [0.15, 0.2) is 36.4 Å². The van der Waals surface area contributed by atoms with Gasteiger partial charge in [0.1, 0.15) is 0 Å². The van der Waals surface area contributed by atoms with Crippen LogP contribution in [0.5, 0.6) is 0 Å². The fourth-order valence-corrected chi connectivity index (χ4v) is 3.42. The molecule has 5 heteroatoms. The van der Waals surface area contributed by atoms with E-state index in [1.54, 1.807) is 0 Å². The molecule has 0 unspecified atom stereocenters. The molecule has 2 N–H and O–H groups in total. The van der Waals surface area contributed by atoms with Crippen molar-refractivity contribution in [2.45, 2.75) is 20.8 Å². The van der Waals surface area contributed by atoms with Crippen molar-refractivity contribution in [2.75, 3.05) is 10.6 Å². The van der Waals surface area contributed by atoms with Crippen molar-refractivity contribution in [1.82, 2.24) is 4.98 Å². The zero-order valence-corrected chi connectivity index (χ0v) is 13.5. The molecule has 2 amide bonds. The Bertz CT molecular complexity index is 854. The number of nitrogens with zero attached hydrogens (tertiary/aromatic N) is 1. The number of rotatable bonds is 2. The summed E-state index contributed by atoms with van der Waals surface area (Å²) < 4.78 is 1.09. The number of aryl methyl sites for hydroxylation is 3. The number of aromatic nitrogens is 1. The molecular formula is C17H17N3OS. The van der Waals surface area contributed by atoms with E-state index in [9.17, 15) is 4.79 Å². The maximum absolute atomic E-state index is 12.1. The Morgan fingerprint density at radius 2 is 1.82 bits per heavy atom. The molecule has 0 atom stereocenters. The molecule has 3 rings (SSSR count). The number of anilines is 2. The third-order valence-electron chi connectivity index (χ3n) is 3.44. The lowest BCUT2D eigenvalue weighted by Gasteiger charge is -2.07. The van der Waals surface area contributed by atoms with E-state index in [2.05, 4.69) is 34.7 Å². The average molecular weight is 311 g/mol. The minimum atomic E-state index is -0.275. The fourth-order valence-electron chi connectivity index (χ4n) is 2.39. The van der Waals surface area contributed by atoms with Gasteiger partial charge in [-0.3, -0.25) is 5.32 Å². The molecule has 0 bridgehead atoms. The lowest BCUT2D eigenvalue weighted by Crippen LogP contribution is -2.19. The molecule has 0 aliphatic rings. The molecular weight excluding hydrogens is 294 g/mol. The number of fused-ring (bicyclic) bond motifs is 1. The highest BCUT2D eigenvalue weighted by molar-refractivity contribution is 7.22. The van der Waals surface area contributed by atoms with Crippen LogP contribution in [-0.4, -0.2) is 11.0 Å². The number of benzene rings is 2. The normalized spacial score (nSPS) is 10.7. The summed E-state index contributed by atoms with van der Waals surface area (Å²) >= 11 is 1.49. The first-order valence-corrected chi connectivity index (χ1v) is 7.86. The topological polar surface area (TPSA) is 54.0 Å². The van der Waals surface area contributed by atoms with Gasteiger partial charge in [0.15, 0.2) is 5.13 Å². The van der Waals surface area contributed by atoms with Crippen LogP contribution in [0.4, 0.5) is 15.6 Å². The van der Waals surface area contributed by atoms with Crippen molar-refractivity contribution in [2.24, 2.45) is 0 Å². The molecule has 1 heterocycles. The highest BCUT2D eigenvalue weighted by Crippen LogP contribution is 2.29. The van der Waals surface area contributed by atoms with Gasteiger partial charge >= 0.3 is 6.03 Å². The summed E-state index contributed by atoms with van der Waals surface area (Å²) in [5, 5.41) is 6.26. The van der Waals surface area contributed by atoms with Crippen LogP contribution in [0.2, 0.25) is 0 Å². The summed E-state index contributed by atoms with van der Waals surface area (Å²) in [4.78, 5) is 16.6. The van der Waals surface area contributed by atoms with Gasteiger partial charge < -0.3 is 5.32 Å². The molecule has 22 heavy (non-hydrogen) atoms. The first-order valence-electron chi connectivity index (χ1n) is 7.04. The number of hydrogen-bond acceptors (Lipinski definition) is 3. The largest absolute Gasteiger partial charge is 0.325 e. The summed E-state index contributed by atoms with van der Waals surface area (Å²) in [6, 6.07) is 11.6. The second-order valence-electron chi connectivity index (χ2n) is 5.34. The first-order chi connectivity index (χ1) is 10.5. The van der Waals surface area contributed by atoms with E-state index in [-0.39, 0.29) is 6.03 Å². The molecule has 0 aliphatic heterocycles. The molecule has 4 nitrogen and oxygen atoms in total. The third-order valence-corrected chi connectivity index (χ3v) is 4.36. The zero-order chi connectivity index (χ0) is 15.7. The van der Waals surface area contributed by atoms with Crippen molar-refractivity contribution >= 4 is 38.4 Å². The summed E-state index contributed by atoms with van der Waals surface area (Å²) in [5.74, 6) is 0. The number of carbonyl (C=O) groups is 1. The van der Waals surface area contributed by atoms with E-state index in [4.69, 9.17) is 0 Å². The maximum atomic E-state index is 12.1. The van der Waals surface area contributed by atoms with E-state index >= 15 is 0 Å². The molecule has 0 saturated carbocycles. The SMILES string of the molecule is Cc1cc(C)c2nc(NC(=O)Nc3ccccc3C)sc2c1. The first kappa shape index (κ1) is 14.5. The van der Waals surface area contributed by atoms with Crippen LogP contribution in [0, 0.1) is 20.8 Å². The Morgan fingerprint density at radius 1 is 1.05 bits per heavy atom. The lowest BCUT2D eigenvalue weighted by molar-refractivity contribution is 0.262. The van der Waals surface area contributed by atoms with Crippen LogP contribution in [0.1, 0.15) is 16.7 Å². The molecule has 0 aliphatic carbocycles. The second kappa shape index (κ2) is 5.77. The molecule has 112 valence electrons. The molecule has 1 aromatic heterocycles. The number of urea groups is 1. The summed E-state index contributed by atoms with van der Waals surface area (Å²) in [5.41, 5.74) is 5.09. The summed E-state index contributed by atoms with van der Waals surface area (Å²) in [7, 11) is 0. The smallest absolute Gasteiger partial charge is 0.307 e. The fraction of sp³-hybridized carbons (Fsp3) is 0.176. The number of nitrogens with one attached hydrogen (secondary N) is 2. The van der Waals surface area contributed by atoms with Crippen molar-refractivity contribution in [1.29, 1.82) is 0 Å². The molecule has 0 saturated heterocycles. The van der Waals surface area contributed by atoms with Crippen molar-refractivity contribution < 1.29 is 4.79 Å². The minimum absolute atomic E-state index is 0.275. The van der Waals surface area contributed by atoms with Crippen LogP contribution >= 0.6 is 11.3 Å². The summed E-state index contributed by atoms with van der Waals surface area (Å²) in [6.45, 7) is 6.05. The standard InChI is InChI=1S/C17H17N3OS/c1-10-8-12(3)15-14(9-10)22-17(19-15)20-16(21)18-13-7-5-4-6-11(13)2/h4-9H,1-3H3,(H2,18,19,20,21). The van der Waals surface area contributed by atoms with E-state index in [1.165, 1.54) is 16.9 Å². The van der Waals surface area contributed by atoms with Gasteiger partial charge in [-0.05, 0) is 49.6 Å². The predicted molar refractivity (Wildman–Crippen MR) is 92.9 cm³/mol. The molecule has 2 aromatic carbocycles. The average Bonchev–Trinajstić information content (AvgIpc) is 2.84. The number of amides is 2. The van der Waals surface area contributed by atoms with E-state index in [0.717, 1.165) is 27.0 Å². The monoisotopic (exact) mass is 311 g/mol. The number of thiazole rings is 1. The predicted octanol–water partition coefficient (Wildman–Crippen LogP) is 4.87. The number of para-hydroxylation sites is 1. The Hall–Kier alpha value is -2.40. The highest BCUT2D eigenvalue weighted by atomic mass is 32.1.